The average molecular weight is 212 g/mol. The van der Waals surface area contributed by atoms with E-state index in [4.69, 9.17) is 21.3 Å². The first-order valence-corrected chi connectivity index (χ1v) is 4.79. The molecule has 0 aliphatic heterocycles. The quantitative estimate of drug-likeness (QED) is 0.373. The van der Waals surface area contributed by atoms with Crippen molar-refractivity contribution in [1.29, 1.82) is 0 Å². The Bertz CT molecular complexity index is 181. The molecule has 0 aliphatic carbocycles. The van der Waals surface area contributed by atoms with Crippen LogP contribution >= 0.6 is 11.6 Å². The summed E-state index contributed by atoms with van der Waals surface area (Å²) in [5, 5.41) is 8.71. The number of hydrogen-bond donors (Lipinski definition) is 2. The van der Waals surface area contributed by atoms with Crippen molar-refractivity contribution in [1.82, 2.24) is 0 Å². The van der Waals surface area contributed by atoms with Gasteiger partial charge in [-0.25, -0.2) is 0 Å². The molecule has 4 nitrogen and oxygen atoms in total. The molecule has 0 saturated heterocycles. The maximum atomic E-state index is 10.1. The molecule has 0 heterocycles. The van der Waals surface area contributed by atoms with E-state index in [0.717, 1.165) is 0 Å². The number of alkyl halides is 1. The van der Waals surface area contributed by atoms with E-state index in [1.165, 1.54) is 0 Å². The van der Waals surface area contributed by atoms with Crippen molar-refractivity contribution in [2.24, 2.45) is 0 Å². The predicted molar refractivity (Wildman–Crippen MR) is 43.5 cm³/mol. The fourth-order valence-electron chi connectivity index (χ4n) is 0.362. The third kappa shape index (κ3) is 11.2. The van der Waals surface area contributed by atoms with E-state index >= 15 is 0 Å². The maximum Gasteiger partial charge on any atom is 0.264 e. The SMILES string of the molecule is O=S(=O)(O)CCC(O)CCl.[Na]. The zero-order valence-corrected chi connectivity index (χ0v) is 9.77. The monoisotopic (exact) mass is 211 g/mol. The summed E-state index contributed by atoms with van der Waals surface area (Å²) in [5.41, 5.74) is 0. The molecule has 0 aliphatic rings. The first kappa shape index (κ1) is 14.7. The minimum atomic E-state index is -3.95. The number of halogens is 1. The van der Waals surface area contributed by atoms with Crippen molar-refractivity contribution in [3.05, 3.63) is 0 Å². The molecule has 63 valence electrons. The Morgan fingerprint density at radius 2 is 1.91 bits per heavy atom. The molecular weight excluding hydrogens is 203 g/mol. The van der Waals surface area contributed by atoms with E-state index in [1.807, 2.05) is 0 Å². The Balaban J connectivity index is 0. The Morgan fingerprint density at radius 1 is 1.45 bits per heavy atom. The number of aliphatic hydroxyl groups excluding tert-OH is 1. The van der Waals surface area contributed by atoms with E-state index in [1.54, 1.807) is 0 Å². The van der Waals surface area contributed by atoms with Crippen LogP contribution in [0.25, 0.3) is 0 Å². The molecule has 0 aromatic carbocycles. The third-order valence-corrected chi connectivity index (χ3v) is 1.99. The molecule has 1 atom stereocenters. The zero-order chi connectivity index (χ0) is 8.20. The van der Waals surface area contributed by atoms with Crippen molar-refractivity contribution in [3.8, 4) is 0 Å². The number of rotatable bonds is 4. The minimum Gasteiger partial charge on any atom is -0.392 e. The molecule has 0 fully saturated rings. The van der Waals surface area contributed by atoms with Gasteiger partial charge in [0.1, 0.15) is 0 Å². The van der Waals surface area contributed by atoms with Gasteiger partial charge in [0.2, 0.25) is 0 Å². The summed E-state index contributed by atoms with van der Waals surface area (Å²) in [4.78, 5) is 0. The summed E-state index contributed by atoms with van der Waals surface area (Å²) in [6, 6.07) is 0. The van der Waals surface area contributed by atoms with E-state index in [-0.39, 0.29) is 41.9 Å². The molecule has 0 aromatic rings. The molecule has 0 spiro atoms. The van der Waals surface area contributed by atoms with Gasteiger partial charge in [-0.05, 0) is 6.42 Å². The Morgan fingerprint density at radius 3 is 2.18 bits per heavy atom. The fraction of sp³-hybridized carbons (Fsp3) is 1.00. The second-order valence-corrected chi connectivity index (χ2v) is 3.76. The molecule has 0 saturated carbocycles. The number of aliphatic hydroxyl groups is 1. The fourth-order valence-corrected chi connectivity index (χ4v) is 1.09. The van der Waals surface area contributed by atoms with Crippen LogP contribution in [0, 0.1) is 0 Å². The van der Waals surface area contributed by atoms with Crippen LogP contribution in [0.2, 0.25) is 0 Å². The van der Waals surface area contributed by atoms with Crippen LogP contribution < -0.4 is 0 Å². The molecule has 0 bridgehead atoms. The van der Waals surface area contributed by atoms with Gasteiger partial charge in [0.05, 0.1) is 11.9 Å². The first-order chi connectivity index (χ1) is 4.45. The van der Waals surface area contributed by atoms with Crippen LogP contribution in [0.3, 0.4) is 0 Å². The van der Waals surface area contributed by atoms with Gasteiger partial charge in [0.25, 0.3) is 10.1 Å². The van der Waals surface area contributed by atoms with Crippen molar-refractivity contribution >= 4 is 51.3 Å². The van der Waals surface area contributed by atoms with Crippen LogP contribution in [0.15, 0.2) is 0 Å². The molecule has 7 heteroatoms. The van der Waals surface area contributed by atoms with Crippen LogP contribution in [0.5, 0.6) is 0 Å². The van der Waals surface area contributed by atoms with E-state index in [2.05, 4.69) is 0 Å². The minimum absolute atomic E-state index is 0. The Labute approximate surface area is 93.0 Å². The summed E-state index contributed by atoms with van der Waals surface area (Å²) < 4.78 is 28.3. The number of hydrogen-bond acceptors (Lipinski definition) is 3. The van der Waals surface area contributed by atoms with Gasteiger partial charge in [-0.15, -0.1) is 11.6 Å². The summed E-state index contributed by atoms with van der Waals surface area (Å²) in [7, 11) is -3.95. The van der Waals surface area contributed by atoms with Gasteiger partial charge < -0.3 is 5.11 Å². The molecule has 1 unspecified atom stereocenters. The van der Waals surface area contributed by atoms with E-state index < -0.39 is 22.0 Å². The summed E-state index contributed by atoms with van der Waals surface area (Å²) in [6.07, 6.45) is -0.883. The van der Waals surface area contributed by atoms with Crippen molar-refractivity contribution in [2.75, 3.05) is 11.6 Å². The average Bonchev–Trinajstić information content (AvgIpc) is 1.81. The van der Waals surface area contributed by atoms with Crippen LogP contribution in [0.4, 0.5) is 0 Å². The predicted octanol–water partition coefficient (Wildman–Crippen LogP) is -0.517. The Hall–Kier alpha value is 1.16. The zero-order valence-electron chi connectivity index (χ0n) is 6.20. The molecule has 2 N–H and O–H groups in total. The summed E-state index contributed by atoms with van der Waals surface area (Å²) in [5.74, 6) is -0.462. The van der Waals surface area contributed by atoms with Gasteiger partial charge in [-0.1, -0.05) is 0 Å². The van der Waals surface area contributed by atoms with Gasteiger partial charge in [0, 0.05) is 35.4 Å². The third-order valence-electron chi connectivity index (χ3n) is 0.887. The topological polar surface area (TPSA) is 74.6 Å². The van der Waals surface area contributed by atoms with Crippen LogP contribution in [-0.4, -0.2) is 65.4 Å². The normalized spacial score (nSPS) is 13.7. The maximum absolute atomic E-state index is 10.1. The van der Waals surface area contributed by atoms with Crippen molar-refractivity contribution < 1.29 is 18.1 Å². The van der Waals surface area contributed by atoms with Gasteiger partial charge in [0.15, 0.2) is 0 Å². The largest absolute Gasteiger partial charge is 0.392 e. The summed E-state index contributed by atoms with van der Waals surface area (Å²) >= 11 is 5.15. The second-order valence-electron chi connectivity index (χ2n) is 1.88. The molecule has 0 rings (SSSR count). The molecule has 1 radical (unpaired) electrons. The molecule has 0 amide bonds. The van der Waals surface area contributed by atoms with Crippen LogP contribution in [-0.2, 0) is 10.1 Å². The molecular formula is C4H9ClNaO4S. The Kier molecular flexibility index (Phi) is 8.87. The van der Waals surface area contributed by atoms with E-state index in [0.29, 0.717) is 0 Å². The smallest absolute Gasteiger partial charge is 0.264 e. The van der Waals surface area contributed by atoms with Crippen LogP contribution in [0.1, 0.15) is 6.42 Å². The van der Waals surface area contributed by atoms with Gasteiger partial charge in [-0.2, -0.15) is 8.42 Å². The molecule has 11 heavy (non-hydrogen) atoms. The second kappa shape index (κ2) is 6.65. The van der Waals surface area contributed by atoms with E-state index in [9.17, 15) is 8.42 Å². The van der Waals surface area contributed by atoms with Crippen molar-refractivity contribution in [2.45, 2.75) is 12.5 Å². The van der Waals surface area contributed by atoms with Crippen molar-refractivity contribution in [3.63, 3.8) is 0 Å². The molecule has 0 aromatic heterocycles. The standard InChI is InChI=1S/C4H9ClO4S.Na/c5-3-4(6)1-2-10(7,8)9;/h4,6H,1-3H2,(H,7,8,9);. The van der Waals surface area contributed by atoms with Gasteiger partial charge in [-0.3, -0.25) is 4.55 Å². The first-order valence-electron chi connectivity index (χ1n) is 2.65. The van der Waals surface area contributed by atoms with Gasteiger partial charge >= 0.3 is 0 Å². The summed E-state index contributed by atoms with van der Waals surface area (Å²) in [6.45, 7) is 0.